The Kier molecular flexibility index (Phi) is 12.1. The molecular formula is C37H58O5. The minimum Gasteiger partial charge on any atom is -0.456 e. The molecule has 4 rings (SSSR count). The molecule has 0 amide bonds. The highest BCUT2D eigenvalue weighted by molar-refractivity contribution is 6.01. The van der Waals surface area contributed by atoms with Gasteiger partial charge >= 0.3 is 5.97 Å². The number of carbonyl (C=O) groups excluding carboxylic acids is 3. The number of fused-ring (bicyclic) bond motifs is 5. The molecule has 5 heteroatoms. The van der Waals surface area contributed by atoms with Gasteiger partial charge in [-0.2, -0.15) is 0 Å². The highest BCUT2D eigenvalue weighted by atomic mass is 16.5. The van der Waals surface area contributed by atoms with Crippen molar-refractivity contribution in [3.05, 3.63) is 23.8 Å². The molecule has 7 atom stereocenters. The van der Waals surface area contributed by atoms with E-state index in [1.54, 1.807) is 6.08 Å². The molecule has 236 valence electrons. The fourth-order valence-corrected chi connectivity index (χ4v) is 9.36. The molecule has 0 saturated heterocycles. The minimum atomic E-state index is -1.14. The second-order valence-corrected chi connectivity index (χ2v) is 14.5. The van der Waals surface area contributed by atoms with Crippen LogP contribution in [0.1, 0.15) is 143 Å². The van der Waals surface area contributed by atoms with E-state index in [2.05, 4.69) is 26.8 Å². The van der Waals surface area contributed by atoms with E-state index in [0.29, 0.717) is 24.2 Å². The summed E-state index contributed by atoms with van der Waals surface area (Å²) in [5.41, 5.74) is 1.18. The van der Waals surface area contributed by atoms with Crippen LogP contribution in [0, 0.1) is 34.5 Å². The van der Waals surface area contributed by atoms with Crippen LogP contribution in [0.3, 0.4) is 0 Å². The van der Waals surface area contributed by atoms with E-state index in [-0.39, 0.29) is 34.9 Å². The van der Waals surface area contributed by atoms with Gasteiger partial charge in [-0.05, 0) is 80.3 Å². The second kappa shape index (κ2) is 15.3. The summed E-state index contributed by atoms with van der Waals surface area (Å²) in [4.78, 5) is 37.9. The number of ether oxygens (including phenoxy) is 1. The number of unbranched alkanes of at least 4 members (excludes halogenated alkanes) is 11. The van der Waals surface area contributed by atoms with Gasteiger partial charge < -0.3 is 9.84 Å². The van der Waals surface area contributed by atoms with Crippen molar-refractivity contribution in [3.8, 4) is 0 Å². The molecule has 3 fully saturated rings. The Balaban J connectivity index is 1.14. The SMILES string of the molecule is CCCCCCCCCCCCCCC(O)C(=O)OCC(=O)[C@H]1CC[C@H]2[C@@H]3CCC4=CC(=O)C=C[C@]4(C)[C@H]3CC[C@]12C. The molecular weight excluding hydrogens is 524 g/mol. The summed E-state index contributed by atoms with van der Waals surface area (Å²) in [6.07, 6.45) is 26.0. The first kappa shape index (κ1) is 33.1. The minimum absolute atomic E-state index is 0.0233. The molecule has 0 aromatic heterocycles. The summed E-state index contributed by atoms with van der Waals surface area (Å²) in [6.45, 7) is 6.64. The standard InChI is InChI=1S/C37H58O5/c1-4-5-6-7-8-9-10-11-12-13-14-15-16-33(39)35(41)42-26-34(40)32-20-19-30-29-18-17-27-25-28(38)21-23-36(27,2)31(29)22-24-37(30,32)3/h21,23,25,29-33,39H,4-20,22,24,26H2,1-3H3/t29-,30-,31-,32+,33?,36-,37-/m0/s1. The molecule has 1 N–H and O–H groups in total. The van der Waals surface area contributed by atoms with Gasteiger partial charge in [0.05, 0.1) is 0 Å². The van der Waals surface area contributed by atoms with Gasteiger partial charge in [0, 0.05) is 11.3 Å². The number of esters is 1. The highest BCUT2D eigenvalue weighted by Gasteiger charge is 2.59. The molecule has 1 unspecified atom stereocenters. The predicted molar refractivity (Wildman–Crippen MR) is 168 cm³/mol. The number of aliphatic hydroxyl groups is 1. The first-order chi connectivity index (χ1) is 20.2. The quantitative estimate of drug-likeness (QED) is 0.137. The molecule has 3 saturated carbocycles. The van der Waals surface area contributed by atoms with Gasteiger partial charge in [0.1, 0.15) is 6.61 Å². The van der Waals surface area contributed by atoms with Crippen LogP contribution < -0.4 is 0 Å². The van der Waals surface area contributed by atoms with Gasteiger partial charge in [-0.25, -0.2) is 4.79 Å². The Labute approximate surface area is 255 Å². The van der Waals surface area contributed by atoms with Crippen molar-refractivity contribution in [2.45, 2.75) is 149 Å². The lowest BCUT2D eigenvalue weighted by Gasteiger charge is -2.56. The smallest absolute Gasteiger partial charge is 0.335 e. The first-order valence-corrected chi connectivity index (χ1v) is 17.5. The fraction of sp³-hybridized carbons (Fsp3) is 0.811. The molecule has 4 aliphatic carbocycles. The number of hydrogen-bond donors (Lipinski definition) is 1. The Morgan fingerprint density at radius 3 is 2.21 bits per heavy atom. The summed E-state index contributed by atoms with van der Waals surface area (Å²) in [7, 11) is 0. The molecule has 0 radical (unpaired) electrons. The Bertz CT molecular complexity index is 996. The van der Waals surface area contributed by atoms with E-state index in [4.69, 9.17) is 4.74 Å². The largest absolute Gasteiger partial charge is 0.456 e. The number of hydrogen-bond acceptors (Lipinski definition) is 5. The third kappa shape index (κ3) is 7.66. The lowest BCUT2D eigenvalue weighted by Crippen LogP contribution is -2.50. The summed E-state index contributed by atoms with van der Waals surface area (Å²) >= 11 is 0. The molecule has 0 heterocycles. The Hall–Kier alpha value is -1.75. The van der Waals surface area contributed by atoms with Gasteiger partial charge in [0.25, 0.3) is 0 Å². The van der Waals surface area contributed by atoms with E-state index in [0.717, 1.165) is 57.8 Å². The highest BCUT2D eigenvalue weighted by Crippen LogP contribution is 2.66. The van der Waals surface area contributed by atoms with Crippen LogP contribution in [-0.4, -0.2) is 35.4 Å². The van der Waals surface area contributed by atoms with Crippen LogP contribution in [0.5, 0.6) is 0 Å². The summed E-state index contributed by atoms with van der Waals surface area (Å²) < 4.78 is 5.38. The molecule has 0 aromatic carbocycles. The number of carbonyl (C=O) groups is 3. The second-order valence-electron chi connectivity index (χ2n) is 14.5. The molecule has 0 aromatic rings. The van der Waals surface area contributed by atoms with Crippen LogP contribution in [0.15, 0.2) is 23.8 Å². The van der Waals surface area contributed by atoms with Gasteiger partial charge in [0.15, 0.2) is 17.7 Å². The van der Waals surface area contributed by atoms with Crippen LogP contribution in [-0.2, 0) is 19.1 Å². The van der Waals surface area contributed by atoms with Crippen molar-refractivity contribution in [3.63, 3.8) is 0 Å². The number of aliphatic hydroxyl groups excluding tert-OH is 1. The van der Waals surface area contributed by atoms with E-state index < -0.39 is 12.1 Å². The number of ketones is 2. The van der Waals surface area contributed by atoms with Crippen molar-refractivity contribution < 1.29 is 24.2 Å². The van der Waals surface area contributed by atoms with Gasteiger partial charge in [0.2, 0.25) is 0 Å². The van der Waals surface area contributed by atoms with Crippen LogP contribution in [0.4, 0.5) is 0 Å². The van der Waals surface area contributed by atoms with Crippen molar-refractivity contribution in [1.82, 2.24) is 0 Å². The van der Waals surface area contributed by atoms with Crippen LogP contribution >= 0.6 is 0 Å². The lowest BCUT2D eigenvalue weighted by molar-refractivity contribution is -0.158. The van der Waals surface area contributed by atoms with E-state index in [1.807, 2.05) is 6.08 Å². The van der Waals surface area contributed by atoms with Gasteiger partial charge in [-0.15, -0.1) is 0 Å². The maximum absolute atomic E-state index is 13.4. The normalized spacial score (nSPS) is 32.5. The molecule has 0 spiro atoms. The lowest BCUT2D eigenvalue weighted by atomic mass is 9.47. The molecule has 42 heavy (non-hydrogen) atoms. The third-order valence-electron chi connectivity index (χ3n) is 11.9. The molecule has 0 bridgehead atoms. The maximum atomic E-state index is 13.4. The average Bonchev–Trinajstić information content (AvgIpc) is 3.33. The zero-order valence-corrected chi connectivity index (χ0v) is 26.8. The number of allylic oxidation sites excluding steroid dienone is 4. The molecule has 5 nitrogen and oxygen atoms in total. The van der Waals surface area contributed by atoms with E-state index >= 15 is 0 Å². The third-order valence-corrected chi connectivity index (χ3v) is 11.9. The zero-order chi connectivity index (χ0) is 30.2. The topological polar surface area (TPSA) is 80.7 Å². The van der Waals surface area contributed by atoms with Gasteiger partial charge in [-0.3, -0.25) is 9.59 Å². The molecule has 4 aliphatic rings. The van der Waals surface area contributed by atoms with E-state index in [9.17, 15) is 19.5 Å². The van der Waals surface area contributed by atoms with Crippen molar-refractivity contribution in [2.24, 2.45) is 34.5 Å². The predicted octanol–water partition coefficient (Wildman–Crippen LogP) is 8.47. The summed E-state index contributed by atoms with van der Waals surface area (Å²) in [5.74, 6) is 0.966. The molecule has 0 aliphatic heterocycles. The van der Waals surface area contributed by atoms with Crippen LogP contribution in [0.2, 0.25) is 0 Å². The van der Waals surface area contributed by atoms with Crippen molar-refractivity contribution >= 4 is 17.5 Å². The Morgan fingerprint density at radius 1 is 0.905 bits per heavy atom. The zero-order valence-electron chi connectivity index (χ0n) is 26.8. The average molecular weight is 583 g/mol. The summed E-state index contributed by atoms with van der Waals surface area (Å²) in [5, 5.41) is 10.3. The number of Topliss-reactive ketones (excluding diaryl/α,β-unsaturated/α-hetero) is 1. The maximum Gasteiger partial charge on any atom is 0.335 e. The van der Waals surface area contributed by atoms with Crippen LogP contribution in [0.25, 0.3) is 0 Å². The monoisotopic (exact) mass is 582 g/mol. The first-order valence-electron chi connectivity index (χ1n) is 17.5. The van der Waals surface area contributed by atoms with E-state index in [1.165, 1.54) is 63.4 Å². The van der Waals surface area contributed by atoms with Crippen molar-refractivity contribution in [1.29, 1.82) is 0 Å². The van der Waals surface area contributed by atoms with Gasteiger partial charge in [-0.1, -0.05) is 109 Å². The summed E-state index contributed by atoms with van der Waals surface area (Å²) in [6, 6.07) is 0. The number of rotatable bonds is 17. The Morgan fingerprint density at radius 2 is 1.55 bits per heavy atom. The fourth-order valence-electron chi connectivity index (χ4n) is 9.36. The van der Waals surface area contributed by atoms with Crippen molar-refractivity contribution in [2.75, 3.05) is 6.61 Å².